The third-order valence-corrected chi connectivity index (χ3v) is 4.68. The van der Waals surface area contributed by atoms with Crippen molar-refractivity contribution in [3.8, 4) is 5.75 Å². The second-order valence-electron chi connectivity index (χ2n) is 6.35. The first-order valence-corrected chi connectivity index (χ1v) is 8.82. The first-order chi connectivity index (χ1) is 12.4. The lowest BCUT2D eigenvalue weighted by atomic mass is 9.90. The highest BCUT2D eigenvalue weighted by Gasteiger charge is 2.49. The van der Waals surface area contributed by atoms with E-state index in [-0.39, 0.29) is 12.2 Å². The number of anilines is 1. The van der Waals surface area contributed by atoms with Crippen molar-refractivity contribution in [2.24, 2.45) is 0 Å². The summed E-state index contributed by atoms with van der Waals surface area (Å²) in [5.74, 6) is -0.110. The number of Topliss-reactive ketones (excluding diaryl/α,β-unsaturated/α-hetero) is 1. The van der Waals surface area contributed by atoms with E-state index >= 15 is 0 Å². The number of ketones is 1. The number of carbonyl (C=O) groups is 2. The molecule has 0 bridgehead atoms. The van der Waals surface area contributed by atoms with Gasteiger partial charge in [0, 0.05) is 18.5 Å². The maximum absolute atomic E-state index is 12.8. The maximum Gasteiger partial charge on any atom is 0.264 e. The summed E-state index contributed by atoms with van der Waals surface area (Å²) in [5, 5.41) is 11.4. The summed E-state index contributed by atoms with van der Waals surface area (Å²) in [4.78, 5) is 25.9. The molecule has 1 N–H and O–H groups in total. The molecule has 1 heterocycles. The fraction of sp³-hybridized carbons (Fsp3) is 0.300. The van der Waals surface area contributed by atoms with Gasteiger partial charge < -0.3 is 14.7 Å². The van der Waals surface area contributed by atoms with Crippen LogP contribution in [0, 0.1) is 0 Å². The Morgan fingerprint density at radius 3 is 2.62 bits per heavy atom. The van der Waals surface area contributed by atoms with Crippen LogP contribution in [0.4, 0.5) is 5.69 Å². The lowest BCUT2D eigenvalue weighted by Crippen LogP contribution is -2.42. The first-order valence-electron chi connectivity index (χ1n) is 8.44. The van der Waals surface area contributed by atoms with Gasteiger partial charge in [-0.15, -0.1) is 0 Å². The highest BCUT2D eigenvalue weighted by atomic mass is 35.5. The molecule has 0 saturated heterocycles. The van der Waals surface area contributed by atoms with E-state index in [4.69, 9.17) is 16.3 Å². The van der Waals surface area contributed by atoms with Crippen molar-refractivity contribution < 1.29 is 19.4 Å². The molecule has 0 saturated carbocycles. The summed E-state index contributed by atoms with van der Waals surface area (Å²) in [6, 6.07) is 14.2. The van der Waals surface area contributed by atoms with Gasteiger partial charge in [-0.1, -0.05) is 41.9 Å². The van der Waals surface area contributed by atoms with Crippen LogP contribution in [-0.2, 0) is 15.2 Å². The number of carbonyl (C=O) groups excluding carboxylic acids is 2. The van der Waals surface area contributed by atoms with Gasteiger partial charge in [0.2, 0.25) is 0 Å². The molecule has 2 aromatic carbocycles. The van der Waals surface area contributed by atoms with E-state index in [0.717, 1.165) is 0 Å². The molecule has 1 aliphatic heterocycles. The minimum Gasteiger partial charge on any atom is -0.492 e. The monoisotopic (exact) mass is 373 g/mol. The summed E-state index contributed by atoms with van der Waals surface area (Å²) < 4.78 is 5.65. The second kappa shape index (κ2) is 7.48. The predicted molar refractivity (Wildman–Crippen MR) is 99.6 cm³/mol. The molecular formula is C20H20ClNO4. The number of rotatable bonds is 7. The molecule has 1 aliphatic rings. The van der Waals surface area contributed by atoms with Crippen molar-refractivity contribution >= 4 is 29.0 Å². The number of nitrogens with zero attached hydrogens (tertiary/aromatic N) is 1. The molecule has 0 aliphatic carbocycles. The highest BCUT2D eigenvalue weighted by molar-refractivity contribution is 6.32. The topological polar surface area (TPSA) is 66.8 Å². The molecule has 3 rings (SSSR count). The normalized spacial score (nSPS) is 18.7. The zero-order chi connectivity index (χ0) is 18.7. The molecule has 1 amide bonds. The fourth-order valence-corrected chi connectivity index (χ4v) is 3.42. The number of para-hydroxylation sites is 2. The van der Waals surface area contributed by atoms with Gasteiger partial charge in [0.1, 0.15) is 11.5 Å². The Morgan fingerprint density at radius 2 is 1.88 bits per heavy atom. The first kappa shape index (κ1) is 18.4. The average molecular weight is 374 g/mol. The zero-order valence-electron chi connectivity index (χ0n) is 14.4. The number of fused-ring (bicyclic) bond motifs is 1. The number of halogens is 1. The van der Waals surface area contributed by atoms with E-state index in [1.54, 1.807) is 36.4 Å². The molecule has 5 nitrogen and oxygen atoms in total. The lowest BCUT2D eigenvalue weighted by Gasteiger charge is -2.22. The van der Waals surface area contributed by atoms with Gasteiger partial charge >= 0.3 is 0 Å². The second-order valence-corrected chi connectivity index (χ2v) is 6.75. The molecule has 1 atom stereocenters. The summed E-state index contributed by atoms with van der Waals surface area (Å²) in [6.45, 7) is 2.12. The van der Waals surface area contributed by atoms with Crippen LogP contribution in [-0.4, -0.2) is 29.9 Å². The Morgan fingerprint density at radius 1 is 1.19 bits per heavy atom. The van der Waals surface area contributed by atoms with Gasteiger partial charge in [0.25, 0.3) is 5.91 Å². The standard InChI is InChI=1S/C20H20ClNO4/c1-14(23)13-20(25)15-7-2-4-9-17(15)22(19(20)24)11-6-12-26-18-10-5-3-8-16(18)21/h2-5,7-10,25H,6,11-13H2,1H3/t20-/m0/s1. The molecule has 26 heavy (non-hydrogen) atoms. The lowest BCUT2D eigenvalue weighted by molar-refractivity contribution is -0.141. The Hall–Kier alpha value is -2.37. The third-order valence-electron chi connectivity index (χ3n) is 4.36. The number of aliphatic hydroxyl groups is 1. The third kappa shape index (κ3) is 3.45. The van der Waals surface area contributed by atoms with Gasteiger partial charge in [-0.3, -0.25) is 9.59 Å². The smallest absolute Gasteiger partial charge is 0.264 e. The van der Waals surface area contributed by atoms with Crippen LogP contribution in [0.25, 0.3) is 0 Å². The van der Waals surface area contributed by atoms with E-state index in [2.05, 4.69) is 0 Å². The Balaban J connectivity index is 1.69. The zero-order valence-corrected chi connectivity index (χ0v) is 15.2. The van der Waals surface area contributed by atoms with Crippen LogP contribution < -0.4 is 9.64 Å². The van der Waals surface area contributed by atoms with E-state index in [0.29, 0.717) is 41.6 Å². The van der Waals surface area contributed by atoms with Crippen molar-refractivity contribution in [2.45, 2.75) is 25.4 Å². The molecule has 0 unspecified atom stereocenters. The fourth-order valence-electron chi connectivity index (χ4n) is 3.23. The van der Waals surface area contributed by atoms with E-state index < -0.39 is 11.5 Å². The van der Waals surface area contributed by atoms with Gasteiger partial charge in [-0.2, -0.15) is 0 Å². The molecule has 0 fully saturated rings. The average Bonchev–Trinajstić information content (AvgIpc) is 2.81. The van der Waals surface area contributed by atoms with Gasteiger partial charge in [0.05, 0.1) is 17.3 Å². The van der Waals surface area contributed by atoms with E-state index in [1.807, 2.05) is 12.1 Å². The van der Waals surface area contributed by atoms with Crippen molar-refractivity contribution in [2.75, 3.05) is 18.1 Å². The largest absolute Gasteiger partial charge is 0.492 e. The minimum absolute atomic E-state index is 0.227. The van der Waals surface area contributed by atoms with Gasteiger partial charge in [-0.05, 0) is 31.5 Å². The van der Waals surface area contributed by atoms with Gasteiger partial charge in [-0.25, -0.2) is 0 Å². The molecule has 0 aromatic heterocycles. The summed E-state index contributed by atoms with van der Waals surface area (Å²) in [6.07, 6.45) is 0.330. The Bertz CT molecular complexity index is 838. The summed E-state index contributed by atoms with van der Waals surface area (Å²) in [5.41, 5.74) is -0.669. The van der Waals surface area contributed by atoms with Crippen molar-refractivity contribution in [1.82, 2.24) is 0 Å². The summed E-state index contributed by atoms with van der Waals surface area (Å²) in [7, 11) is 0. The number of hydrogen-bond acceptors (Lipinski definition) is 4. The number of ether oxygens (including phenoxy) is 1. The quantitative estimate of drug-likeness (QED) is 0.756. The van der Waals surface area contributed by atoms with Crippen LogP contribution in [0.2, 0.25) is 5.02 Å². The van der Waals surface area contributed by atoms with E-state index in [1.165, 1.54) is 11.8 Å². The predicted octanol–water partition coefficient (Wildman–Crippen LogP) is 3.32. The van der Waals surface area contributed by atoms with E-state index in [9.17, 15) is 14.7 Å². The molecular weight excluding hydrogens is 354 g/mol. The van der Waals surface area contributed by atoms with Crippen molar-refractivity contribution in [1.29, 1.82) is 0 Å². The number of benzene rings is 2. The molecule has 0 radical (unpaired) electrons. The van der Waals surface area contributed by atoms with Gasteiger partial charge in [0.15, 0.2) is 5.60 Å². The van der Waals surface area contributed by atoms with Crippen molar-refractivity contribution in [3.63, 3.8) is 0 Å². The number of amides is 1. The van der Waals surface area contributed by atoms with Crippen LogP contribution >= 0.6 is 11.6 Å². The molecule has 136 valence electrons. The van der Waals surface area contributed by atoms with Crippen LogP contribution in [0.3, 0.4) is 0 Å². The Labute approximate surface area is 157 Å². The number of hydrogen-bond donors (Lipinski definition) is 1. The highest BCUT2D eigenvalue weighted by Crippen LogP contribution is 2.42. The Kier molecular flexibility index (Phi) is 5.30. The van der Waals surface area contributed by atoms with Crippen LogP contribution in [0.15, 0.2) is 48.5 Å². The SMILES string of the molecule is CC(=O)C[C@@]1(O)C(=O)N(CCCOc2ccccc2Cl)c2ccccc21. The van der Waals surface area contributed by atoms with Crippen LogP contribution in [0.5, 0.6) is 5.75 Å². The molecule has 2 aromatic rings. The van der Waals surface area contributed by atoms with Crippen LogP contribution in [0.1, 0.15) is 25.3 Å². The maximum atomic E-state index is 12.8. The summed E-state index contributed by atoms with van der Waals surface area (Å²) >= 11 is 6.05. The minimum atomic E-state index is -1.79. The molecule has 6 heteroatoms. The van der Waals surface area contributed by atoms with Crippen molar-refractivity contribution in [3.05, 3.63) is 59.1 Å². The molecule has 0 spiro atoms.